The predicted molar refractivity (Wildman–Crippen MR) is 60.7 cm³/mol. The number of hydroxylamine groups is 1. The minimum absolute atomic E-state index is 0.0627. The zero-order valence-corrected chi connectivity index (χ0v) is 9.75. The maximum Gasteiger partial charge on any atom is 0.416 e. The first kappa shape index (κ1) is 13.3. The molecule has 100 valence electrons. The summed E-state index contributed by atoms with van der Waals surface area (Å²) in [4.78, 5) is 15.1. The van der Waals surface area contributed by atoms with Crippen LogP contribution in [0.1, 0.15) is 21.6 Å². The Bertz CT molecular complexity index is 653. The molecule has 1 heterocycles. The Balaban J connectivity index is 2.63. The smallest absolute Gasteiger partial charge is 0.288 e. The van der Waals surface area contributed by atoms with Crippen molar-refractivity contribution >= 4 is 16.8 Å². The second-order valence-electron chi connectivity index (χ2n) is 4.00. The molecule has 0 saturated carbocycles. The first-order valence-electron chi connectivity index (χ1n) is 5.26. The molecule has 1 aromatic carbocycles. The van der Waals surface area contributed by atoms with Gasteiger partial charge in [-0.05, 0) is 36.8 Å². The number of aromatic nitrogens is 1. The van der Waals surface area contributed by atoms with E-state index < -0.39 is 17.6 Å². The molecular weight excluding hydrogens is 261 g/mol. The van der Waals surface area contributed by atoms with Crippen molar-refractivity contribution in [3.63, 3.8) is 0 Å². The Morgan fingerprint density at radius 2 is 2.00 bits per heavy atom. The molecule has 0 aliphatic heterocycles. The fraction of sp³-hybridized carbons (Fsp3) is 0.167. The van der Waals surface area contributed by atoms with Crippen LogP contribution in [0.25, 0.3) is 10.9 Å². The number of fused-ring (bicyclic) bond motifs is 1. The normalized spacial score (nSPS) is 11.6. The third kappa shape index (κ3) is 2.50. The van der Waals surface area contributed by atoms with Crippen LogP contribution in [-0.2, 0) is 6.18 Å². The molecule has 19 heavy (non-hydrogen) atoms. The first-order valence-corrected chi connectivity index (χ1v) is 5.26. The maximum atomic E-state index is 12.6. The lowest BCUT2D eigenvalue weighted by atomic mass is 10.1. The van der Waals surface area contributed by atoms with Crippen LogP contribution in [0.5, 0.6) is 0 Å². The minimum atomic E-state index is -4.43. The van der Waals surface area contributed by atoms with Crippen LogP contribution in [0, 0.1) is 6.92 Å². The third-order valence-corrected chi connectivity index (χ3v) is 2.68. The zero-order chi connectivity index (χ0) is 14.2. The highest BCUT2D eigenvalue weighted by atomic mass is 19.4. The number of nitrogens with one attached hydrogen (secondary N) is 1. The highest BCUT2D eigenvalue weighted by Crippen LogP contribution is 2.32. The van der Waals surface area contributed by atoms with E-state index in [1.807, 2.05) is 0 Å². The van der Waals surface area contributed by atoms with Crippen LogP contribution >= 0.6 is 0 Å². The van der Waals surface area contributed by atoms with Crippen molar-refractivity contribution in [1.29, 1.82) is 0 Å². The molecule has 0 radical (unpaired) electrons. The summed E-state index contributed by atoms with van der Waals surface area (Å²) in [6.07, 6.45) is -4.43. The van der Waals surface area contributed by atoms with Gasteiger partial charge in [0, 0.05) is 5.39 Å². The molecule has 0 aliphatic carbocycles. The van der Waals surface area contributed by atoms with Gasteiger partial charge in [-0.2, -0.15) is 13.2 Å². The SMILES string of the molecule is Cc1cc(C(=O)NO)nc2ccc(C(F)(F)F)cc12. The monoisotopic (exact) mass is 270 g/mol. The largest absolute Gasteiger partial charge is 0.416 e. The summed E-state index contributed by atoms with van der Waals surface area (Å²) < 4.78 is 37.8. The van der Waals surface area contributed by atoms with Crippen molar-refractivity contribution in [2.24, 2.45) is 0 Å². The van der Waals surface area contributed by atoms with Crippen LogP contribution in [0.4, 0.5) is 13.2 Å². The minimum Gasteiger partial charge on any atom is -0.288 e. The van der Waals surface area contributed by atoms with Crippen LogP contribution in [-0.4, -0.2) is 16.1 Å². The Morgan fingerprint density at radius 1 is 1.32 bits per heavy atom. The number of aryl methyl sites for hydroxylation is 1. The quantitative estimate of drug-likeness (QED) is 0.618. The van der Waals surface area contributed by atoms with Crippen molar-refractivity contribution in [1.82, 2.24) is 10.5 Å². The lowest BCUT2D eigenvalue weighted by Gasteiger charge is -2.10. The molecule has 0 aliphatic rings. The van der Waals surface area contributed by atoms with Gasteiger partial charge in [-0.25, -0.2) is 10.5 Å². The molecule has 2 aromatic rings. The molecule has 0 spiro atoms. The van der Waals surface area contributed by atoms with E-state index in [2.05, 4.69) is 4.98 Å². The van der Waals surface area contributed by atoms with Crippen molar-refractivity contribution in [2.75, 3.05) is 0 Å². The van der Waals surface area contributed by atoms with Gasteiger partial charge in [0.25, 0.3) is 5.91 Å². The molecule has 7 heteroatoms. The highest BCUT2D eigenvalue weighted by Gasteiger charge is 2.30. The van der Waals surface area contributed by atoms with E-state index in [0.717, 1.165) is 12.1 Å². The topological polar surface area (TPSA) is 62.2 Å². The molecule has 4 nitrogen and oxygen atoms in total. The van der Waals surface area contributed by atoms with Crippen LogP contribution in [0.15, 0.2) is 24.3 Å². The average Bonchev–Trinajstić information content (AvgIpc) is 2.36. The Labute approximate surface area is 105 Å². The summed E-state index contributed by atoms with van der Waals surface area (Å²) in [7, 11) is 0. The molecule has 0 unspecified atom stereocenters. The summed E-state index contributed by atoms with van der Waals surface area (Å²) in [6, 6.07) is 4.39. The van der Waals surface area contributed by atoms with Crippen LogP contribution < -0.4 is 5.48 Å². The van der Waals surface area contributed by atoms with Crippen molar-refractivity contribution in [3.8, 4) is 0 Å². The summed E-state index contributed by atoms with van der Waals surface area (Å²) in [5, 5.41) is 8.82. The summed E-state index contributed by atoms with van der Waals surface area (Å²) in [6.45, 7) is 1.57. The highest BCUT2D eigenvalue weighted by molar-refractivity contribution is 5.95. The van der Waals surface area contributed by atoms with E-state index >= 15 is 0 Å². The van der Waals surface area contributed by atoms with Crippen LogP contribution in [0.3, 0.4) is 0 Å². The molecule has 1 aromatic heterocycles. The number of carbonyl (C=O) groups excluding carboxylic acids is 1. The Hall–Kier alpha value is -2.15. The van der Waals surface area contributed by atoms with Crippen molar-refractivity contribution < 1.29 is 23.2 Å². The van der Waals surface area contributed by atoms with Gasteiger partial charge >= 0.3 is 6.18 Å². The second kappa shape index (κ2) is 4.51. The third-order valence-electron chi connectivity index (χ3n) is 2.68. The molecule has 0 saturated heterocycles. The maximum absolute atomic E-state index is 12.6. The number of carbonyl (C=O) groups is 1. The van der Waals surface area contributed by atoms with Gasteiger partial charge in [0.1, 0.15) is 5.69 Å². The second-order valence-corrected chi connectivity index (χ2v) is 4.00. The number of rotatable bonds is 1. The Morgan fingerprint density at radius 3 is 2.58 bits per heavy atom. The summed E-state index contributed by atoms with van der Waals surface area (Å²) >= 11 is 0. The fourth-order valence-corrected chi connectivity index (χ4v) is 1.74. The van der Waals surface area contributed by atoms with Gasteiger partial charge in [-0.1, -0.05) is 0 Å². The van der Waals surface area contributed by atoms with E-state index in [-0.39, 0.29) is 11.2 Å². The van der Waals surface area contributed by atoms with E-state index in [0.29, 0.717) is 10.9 Å². The molecule has 2 rings (SSSR count). The van der Waals surface area contributed by atoms with Crippen molar-refractivity contribution in [2.45, 2.75) is 13.1 Å². The number of benzene rings is 1. The van der Waals surface area contributed by atoms with E-state index in [1.165, 1.54) is 17.6 Å². The number of hydrogen-bond donors (Lipinski definition) is 2. The molecule has 2 N–H and O–H groups in total. The van der Waals surface area contributed by atoms with Gasteiger partial charge in [0.15, 0.2) is 0 Å². The van der Waals surface area contributed by atoms with Gasteiger partial charge in [0.2, 0.25) is 0 Å². The van der Waals surface area contributed by atoms with Crippen LogP contribution in [0.2, 0.25) is 0 Å². The fourth-order valence-electron chi connectivity index (χ4n) is 1.74. The Kier molecular flexibility index (Phi) is 3.15. The van der Waals surface area contributed by atoms with Gasteiger partial charge in [-0.15, -0.1) is 0 Å². The van der Waals surface area contributed by atoms with Gasteiger partial charge < -0.3 is 0 Å². The van der Waals surface area contributed by atoms with Gasteiger partial charge in [0.05, 0.1) is 11.1 Å². The number of nitrogens with zero attached hydrogens (tertiary/aromatic N) is 1. The predicted octanol–water partition coefficient (Wildman–Crippen LogP) is 2.68. The molecule has 0 bridgehead atoms. The number of pyridine rings is 1. The lowest BCUT2D eigenvalue weighted by Crippen LogP contribution is -2.20. The lowest BCUT2D eigenvalue weighted by molar-refractivity contribution is -0.137. The van der Waals surface area contributed by atoms with E-state index in [4.69, 9.17) is 5.21 Å². The number of alkyl halides is 3. The standard InChI is InChI=1S/C12H9F3N2O2/c1-6-4-10(11(18)17-19)16-9-3-2-7(5-8(6)9)12(13,14)15/h2-5,19H,1H3,(H,17,18). The molecular formula is C12H9F3N2O2. The molecule has 0 fully saturated rings. The molecule has 0 atom stereocenters. The zero-order valence-electron chi connectivity index (χ0n) is 9.75. The average molecular weight is 270 g/mol. The van der Waals surface area contributed by atoms with Gasteiger partial charge in [-0.3, -0.25) is 10.0 Å². The number of halogens is 3. The number of amides is 1. The summed E-state index contributed by atoms with van der Waals surface area (Å²) in [5.41, 5.74) is 1.31. The number of hydrogen-bond acceptors (Lipinski definition) is 3. The van der Waals surface area contributed by atoms with Crippen molar-refractivity contribution in [3.05, 3.63) is 41.1 Å². The summed E-state index contributed by atoms with van der Waals surface area (Å²) in [5.74, 6) is -0.815. The van der Waals surface area contributed by atoms with E-state index in [9.17, 15) is 18.0 Å². The van der Waals surface area contributed by atoms with E-state index in [1.54, 1.807) is 6.92 Å². The molecule has 1 amide bonds. The first-order chi connectivity index (χ1) is 8.82.